The van der Waals surface area contributed by atoms with Gasteiger partial charge in [-0.2, -0.15) is 0 Å². The second kappa shape index (κ2) is 6.09. The molecule has 0 saturated carbocycles. The third kappa shape index (κ3) is 3.16. The maximum atomic E-state index is 10.2. The highest BCUT2D eigenvalue weighted by atomic mass is 32.1. The Bertz CT molecular complexity index is 484. The van der Waals surface area contributed by atoms with Crippen molar-refractivity contribution in [2.45, 2.75) is 19.4 Å². The summed E-state index contributed by atoms with van der Waals surface area (Å²) in [6.45, 7) is 2.20. The van der Waals surface area contributed by atoms with E-state index >= 15 is 0 Å². The highest BCUT2D eigenvalue weighted by Gasteiger charge is 2.13. The molecule has 2 aromatic heterocycles. The van der Waals surface area contributed by atoms with Crippen molar-refractivity contribution in [2.24, 2.45) is 5.92 Å². The van der Waals surface area contributed by atoms with Gasteiger partial charge in [-0.05, 0) is 30.5 Å². The minimum atomic E-state index is -0.609. The van der Waals surface area contributed by atoms with Crippen LogP contribution in [0.1, 0.15) is 28.3 Å². The van der Waals surface area contributed by atoms with E-state index in [0.717, 1.165) is 16.9 Å². The van der Waals surface area contributed by atoms with Crippen LogP contribution in [0.3, 0.4) is 0 Å². The molecule has 2 rings (SSSR count). The zero-order valence-electron chi connectivity index (χ0n) is 10.3. The molecule has 3 nitrogen and oxygen atoms in total. The second-order valence-corrected chi connectivity index (χ2v) is 5.68. The molecule has 0 aliphatic rings. The predicted molar refractivity (Wildman–Crippen MR) is 72.6 cm³/mol. The summed E-state index contributed by atoms with van der Waals surface area (Å²) < 4.78 is 0. The van der Waals surface area contributed by atoms with E-state index in [1.165, 1.54) is 4.88 Å². The van der Waals surface area contributed by atoms with Crippen molar-refractivity contribution in [3.63, 3.8) is 0 Å². The molecule has 2 aromatic rings. The fourth-order valence-corrected chi connectivity index (χ4v) is 2.95. The van der Waals surface area contributed by atoms with E-state index in [-0.39, 0.29) is 12.5 Å². The first-order valence-electron chi connectivity index (χ1n) is 5.98. The van der Waals surface area contributed by atoms with E-state index in [2.05, 4.69) is 4.98 Å². The molecular weight excluding hydrogens is 246 g/mol. The summed E-state index contributed by atoms with van der Waals surface area (Å²) in [5.41, 5.74) is 0.807. The minimum Gasteiger partial charge on any atom is -0.396 e. The number of aliphatic hydroxyl groups is 2. The molecule has 0 saturated heterocycles. The lowest BCUT2D eigenvalue weighted by Gasteiger charge is -2.08. The van der Waals surface area contributed by atoms with Crippen molar-refractivity contribution < 1.29 is 10.2 Å². The molecule has 0 fully saturated rings. The number of rotatable bonds is 5. The third-order valence-corrected chi connectivity index (χ3v) is 3.97. The molecule has 2 atom stereocenters. The molecule has 2 N–H and O–H groups in total. The summed E-state index contributed by atoms with van der Waals surface area (Å²) in [6, 6.07) is 7.65. The molecule has 0 aromatic carbocycles. The van der Waals surface area contributed by atoms with Crippen LogP contribution in [0.5, 0.6) is 0 Å². The van der Waals surface area contributed by atoms with Crippen molar-refractivity contribution >= 4 is 11.3 Å². The summed E-state index contributed by atoms with van der Waals surface area (Å²) in [7, 11) is 0. The lowest BCUT2D eigenvalue weighted by atomic mass is 10.1. The van der Waals surface area contributed by atoms with E-state index in [1.807, 2.05) is 31.2 Å². The number of aliphatic hydroxyl groups excluding tert-OH is 2. The smallest absolute Gasteiger partial charge is 0.115 e. The van der Waals surface area contributed by atoms with Gasteiger partial charge in [-0.1, -0.05) is 13.0 Å². The van der Waals surface area contributed by atoms with Crippen LogP contribution in [0.4, 0.5) is 0 Å². The van der Waals surface area contributed by atoms with Gasteiger partial charge in [0.2, 0.25) is 0 Å². The fourth-order valence-electron chi connectivity index (χ4n) is 1.76. The normalized spacial score (nSPS) is 14.4. The van der Waals surface area contributed by atoms with Gasteiger partial charge < -0.3 is 10.2 Å². The zero-order chi connectivity index (χ0) is 13.0. The zero-order valence-corrected chi connectivity index (χ0v) is 11.1. The van der Waals surface area contributed by atoms with Gasteiger partial charge >= 0.3 is 0 Å². The number of aromatic nitrogens is 1. The average Bonchev–Trinajstić information content (AvgIpc) is 2.87. The summed E-state index contributed by atoms with van der Waals surface area (Å²) in [5, 5.41) is 19.3. The van der Waals surface area contributed by atoms with Gasteiger partial charge in [0.05, 0.1) is 0 Å². The lowest BCUT2D eigenvalue weighted by Crippen LogP contribution is -2.02. The standard InChI is InChI=1S/C14H17NO2S/c1-10(9-16)7-12-4-5-13(18-12)14(17)11-3-2-6-15-8-11/h2-6,8,10,14,16-17H,7,9H2,1H3/t10-,14?/m0/s1. The number of nitrogens with zero attached hydrogens (tertiary/aromatic N) is 1. The van der Waals surface area contributed by atoms with Crippen LogP contribution in [0.25, 0.3) is 0 Å². The van der Waals surface area contributed by atoms with Gasteiger partial charge in [0, 0.05) is 34.3 Å². The number of pyridine rings is 1. The van der Waals surface area contributed by atoms with Gasteiger partial charge in [0.1, 0.15) is 6.10 Å². The molecule has 0 amide bonds. The van der Waals surface area contributed by atoms with Gasteiger partial charge in [-0.25, -0.2) is 0 Å². The molecule has 0 bridgehead atoms. The van der Waals surface area contributed by atoms with E-state index in [4.69, 9.17) is 5.11 Å². The van der Waals surface area contributed by atoms with E-state index < -0.39 is 6.10 Å². The summed E-state index contributed by atoms with van der Waals surface area (Å²) >= 11 is 1.59. The highest BCUT2D eigenvalue weighted by molar-refractivity contribution is 7.12. The average molecular weight is 263 g/mol. The van der Waals surface area contributed by atoms with Crippen molar-refractivity contribution in [3.8, 4) is 0 Å². The Morgan fingerprint density at radius 3 is 2.83 bits per heavy atom. The lowest BCUT2D eigenvalue weighted by molar-refractivity contribution is 0.223. The first-order valence-corrected chi connectivity index (χ1v) is 6.80. The molecule has 1 unspecified atom stereocenters. The molecule has 4 heteroatoms. The van der Waals surface area contributed by atoms with Crippen LogP contribution < -0.4 is 0 Å². The predicted octanol–water partition coefficient (Wildman–Crippen LogP) is 2.40. The van der Waals surface area contributed by atoms with Crippen LogP contribution >= 0.6 is 11.3 Å². The maximum absolute atomic E-state index is 10.2. The molecule has 0 radical (unpaired) electrons. The summed E-state index contributed by atoms with van der Waals surface area (Å²) in [5.74, 6) is 0.257. The molecule has 18 heavy (non-hydrogen) atoms. The van der Waals surface area contributed by atoms with Crippen LogP contribution in [0.15, 0.2) is 36.7 Å². The van der Waals surface area contributed by atoms with E-state index in [1.54, 1.807) is 23.7 Å². The Morgan fingerprint density at radius 2 is 2.17 bits per heavy atom. The molecule has 0 aliphatic heterocycles. The van der Waals surface area contributed by atoms with Crippen LogP contribution in [-0.2, 0) is 6.42 Å². The SMILES string of the molecule is C[C@H](CO)Cc1ccc(C(O)c2cccnc2)s1. The monoisotopic (exact) mass is 263 g/mol. The number of hydrogen-bond donors (Lipinski definition) is 2. The Balaban J connectivity index is 2.10. The Kier molecular flexibility index (Phi) is 4.47. The molecule has 2 heterocycles. The van der Waals surface area contributed by atoms with Gasteiger partial charge in [0.25, 0.3) is 0 Å². The van der Waals surface area contributed by atoms with Crippen molar-refractivity contribution in [2.75, 3.05) is 6.61 Å². The van der Waals surface area contributed by atoms with Crippen LogP contribution in [-0.4, -0.2) is 21.8 Å². The first kappa shape index (κ1) is 13.2. The first-order chi connectivity index (χ1) is 8.70. The summed E-state index contributed by atoms with van der Waals surface area (Å²) in [6.07, 6.45) is 3.61. The number of thiophene rings is 1. The minimum absolute atomic E-state index is 0.193. The Labute approximate surface area is 111 Å². The van der Waals surface area contributed by atoms with Crippen LogP contribution in [0, 0.1) is 5.92 Å². The number of hydrogen-bond acceptors (Lipinski definition) is 4. The van der Waals surface area contributed by atoms with Gasteiger partial charge in [-0.3, -0.25) is 4.98 Å². The van der Waals surface area contributed by atoms with Gasteiger partial charge in [-0.15, -0.1) is 11.3 Å². The van der Waals surface area contributed by atoms with Crippen molar-refractivity contribution in [1.29, 1.82) is 0 Å². The quantitative estimate of drug-likeness (QED) is 0.871. The molecule has 96 valence electrons. The molecule has 0 aliphatic carbocycles. The summed E-state index contributed by atoms with van der Waals surface area (Å²) in [4.78, 5) is 6.12. The van der Waals surface area contributed by atoms with Crippen molar-refractivity contribution in [1.82, 2.24) is 4.98 Å². The Morgan fingerprint density at radius 1 is 1.33 bits per heavy atom. The van der Waals surface area contributed by atoms with Crippen molar-refractivity contribution in [3.05, 3.63) is 52.0 Å². The van der Waals surface area contributed by atoms with E-state index in [9.17, 15) is 5.11 Å². The molecule has 0 spiro atoms. The third-order valence-electron chi connectivity index (χ3n) is 2.81. The highest BCUT2D eigenvalue weighted by Crippen LogP contribution is 2.29. The fraction of sp³-hybridized carbons (Fsp3) is 0.357. The Hall–Kier alpha value is -1.23. The second-order valence-electron chi connectivity index (χ2n) is 4.48. The topological polar surface area (TPSA) is 53.4 Å². The molecular formula is C14H17NO2S. The van der Waals surface area contributed by atoms with Crippen LogP contribution in [0.2, 0.25) is 0 Å². The largest absolute Gasteiger partial charge is 0.396 e. The maximum Gasteiger partial charge on any atom is 0.115 e. The van der Waals surface area contributed by atoms with E-state index in [0.29, 0.717) is 0 Å². The van der Waals surface area contributed by atoms with Gasteiger partial charge in [0.15, 0.2) is 0 Å².